The summed E-state index contributed by atoms with van der Waals surface area (Å²) in [5, 5.41) is 0. The van der Waals surface area contributed by atoms with E-state index in [1.807, 2.05) is 55.7 Å². The van der Waals surface area contributed by atoms with Crippen LogP contribution in [0.1, 0.15) is 47.6 Å². The zero-order chi connectivity index (χ0) is 21.6. The lowest BCUT2D eigenvalue weighted by Crippen LogP contribution is -2.27. The fourth-order valence-electron chi connectivity index (χ4n) is 4.69. The molecule has 8 heteroatoms. The summed E-state index contributed by atoms with van der Waals surface area (Å²) in [4.78, 5) is 26.2. The van der Waals surface area contributed by atoms with E-state index in [0.29, 0.717) is 18.5 Å². The maximum absolute atomic E-state index is 13.2. The van der Waals surface area contributed by atoms with Crippen LogP contribution in [0.25, 0.3) is 11.0 Å². The molecular weight excluding hydrogens is 402 g/mol. The van der Waals surface area contributed by atoms with Gasteiger partial charge in [-0.05, 0) is 44.9 Å². The number of fused-ring (bicyclic) bond motifs is 1. The Morgan fingerprint density at radius 1 is 1.13 bits per heavy atom. The van der Waals surface area contributed by atoms with Crippen LogP contribution in [0.5, 0.6) is 0 Å². The van der Waals surface area contributed by atoms with Gasteiger partial charge in [-0.2, -0.15) is 0 Å². The highest BCUT2D eigenvalue weighted by molar-refractivity contribution is 7.91. The Morgan fingerprint density at radius 2 is 1.80 bits per heavy atom. The van der Waals surface area contributed by atoms with Crippen molar-refractivity contribution in [3.8, 4) is 0 Å². The van der Waals surface area contributed by atoms with Gasteiger partial charge in [-0.15, -0.1) is 0 Å². The van der Waals surface area contributed by atoms with Crippen LogP contribution in [0.4, 0.5) is 0 Å². The van der Waals surface area contributed by atoms with E-state index in [1.165, 1.54) is 0 Å². The molecule has 0 radical (unpaired) electrons. The lowest BCUT2D eigenvalue weighted by Gasteiger charge is -2.16. The summed E-state index contributed by atoms with van der Waals surface area (Å²) in [6.07, 6.45) is 1.39. The minimum absolute atomic E-state index is 0.0384. The van der Waals surface area contributed by atoms with Crippen LogP contribution < -0.4 is 5.69 Å². The highest BCUT2D eigenvalue weighted by Crippen LogP contribution is 2.29. The number of imidazole rings is 1. The topological polar surface area (TPSA) is 83.1 Å². The minimum Gasteiger partial charge on any atom is -0.344 e. The molecule has 0 amide bonds. The van der Waals surface area contributed by atoms with Crippen LogP contribution >= 0.6 is 0 Å². The van der Waals surface area contributed by atoms with Crippen molar-refractivity contribution in [2.45, 2.75) is 52.7 Å². The minimum atomic E-state index is -3.02. The molecule has 4 rings (SSSR count). The van der Waals surface area contributed by atoms with Gasteiger partial charge in [0.15, 0.2) is 15.6 Å². The van der Waals surface area contributed by atoms with Crippen LogP contribution in [0.2, 0.25) is 0 Å². The van der Waals surface area contributed by atoms with Crippen molar-refractivity contribution in [2.75, 3.05) is 11.5 Å². The van der Waals surface area contributed by atoms with Crippen molar-refractivity contribution < 1.29 is 13.2 Å². The Bertz CT molecular complexity index is 1290. The Morgan fingerprint density at radius 3 is 2.40 bits per heavy atom. The number of aryl methyl sites for hydroxylation is 2. The average molecular weight is 430 g/mol. The van der Waals surface area contributed by atoms with E-state index in [-0.39, 0.29) is 35.6 Å². The summed E-state index contributed by atoms with van der Waals surface area (Å²) >= 11 is 0. The molecule has 30 heavy (non-hydrogen) atoms. The van der Waals surface area contributed by atoms with Gasteiger partial charge < -0.3 is 4.57 Å². The standard InChI is InChI=1S/C22H27N3O4S/c1-4-10-23-19-7-5-6-8-20(19)24(22(23)27)13-21(26)18-12-15(2)25(16(18)3)17-9-11-30(28,29)14-17/h5-8,12,17H,4,9-11,13-14H2,1-3H3/t17-/m1/s1. The van der Waals surface area contributed by atoms with Crippen LogP contribution in [0.3, 0.4) is 0 Å². The van der Waals surface area contributed by atoms with E-state index >= 15 is 0 Å². The van der Waals surface area contributed by atoms with Crippen LogP contribution in [-0.4, -0.2) is 39.4 Å². The molecule has 3 aromatic rings. The summed E-state index contributed by atoms with van der Waals surface area (Å²) in [5.41, 5.74) is 3.60. The lowest BCUT2D eigenvalue weighted by atomic mass is 10.1. The molecule has 0 bridgehead atoms. The second kappa shape index (κ2) is 7.58. The van der Waals surface area contributed by atoms with E-state index in [2.05, 4.69) is 0 Å². The van der Waals surface area contributed by atoms with Gasteiger partial charge in [0, 0.05) is 29.5 Å². The molecule has 0 aliphatic carbocycles. The molecule has 1 aliphatic heterocycles. The monoisotopic (exact) mass is 429 g/mol. The van der Waals surface area contributed by atoms with Crippen molar-refractivity contribution in [1.29, 1.82) is 0 Å². The van der Waals surface area contributed by atoms with E-state index < -0.39 is 9.84 Å². The van der Waals surface area contributed by atoms with Gasteiger partial charge in [-0.1, -0.05) is 19.1 Å². The lowest BCUT2D eigenvalue weighted by molar-refractivity contribution is 0.0971. The number of carbonyl (C=O) groups excluding carboxylic acids is 1. The third-order valence-electron chi connectivity index (χ3n) is 6.03. The van der Waals surface area contributed by atoms with Crippen molar-refractivity contribution in [2.24, 2.45) is 0 Å². The molecule has 7 nitrogen and oxygen atoms in total. The molecule has 1 saturated heterocycles. The number of nitrogens with zero attached hydrogens (tertiary/aromatic N) is 3. The summed E-state index contributed by atoms with van der Waals surface area (Å²) < 4.78 is 29.1. The molecule has 0 unspecified atom stereocenters. The molecule has 160 valence electrons. The van der Waals surface area contributed by atoms with Gasteiger partial charge in [0.25, 0.3) is 0 Å². The van der Waals surface area contributed by atoms with Crippen LogP contribution in [-0.2, 0) is 22.9 Å². The highest BCUT2D eigenvalue weighted by Gasteiger charge is 2.31. The van der Waals surface area contributed by atoms with Gasteiger partial charge >= 0.3 is 5.69 Å². The fourth-order valence-corrected chi connectivity index (χ4v) is 6.39. The smallest absolute Gasteiger partial charge is 0.329 e. The van der Waals surface area contributed by atoms with Gasteiger partial charge in [-0.25, -0.2) is 13.2 Å². The van der Waals surface area contributed by atoms with Crippen molar-refractivity contribution in [3.63, 3.8) is 0 Å². The number of benzene rings is 1. The number of hydrogen-bond donors (Lipinski definition) is 0. The molecule has 0 N–H and O–H groups in total. The normalized spacial score (nSPS) is 18.3. The Kier molecular flexibility index (Phi) is 5.22. The van der Waals surface area contributed by atoms with Crippen molar-refractivity contribution in [1.82, 2.24) is 13.7 Å². The van der Waals surface area contributed by atoms with E-state index in [0.717, 1.165) is 28.8 Å². The molecule has 1 aliphatic rings. The quantitative estimate of drug-likeness (QED) is 0.564. The maximum atomic E-state index is 13.2. The second-order valence-electron chi connectivity index (χ2n) is 8.14. The number of rotatable bonds is 6. The fraction of sp³-hybridized carbons (Fsp3) is 0.455. The molecule has 2 aromatic heterocycles. The predicted molar refractivity (Wildman–Crippen MR) is 117 cm³/mol. The third-order valence-corrected chi connectivity index (χ3v) is 7.78. The molecule has 1 atom stereocenters. The first-order valence-electron chi connectivity index (χ1n) is 10.3. The molecule has 0 saturated carbocycles. The number of carbonyl (C=O) groups is 1. The molecule has 1 fully saturated rings. The Labute approximate surface area is 175 Å². The maximum Gasteiger partial charge on any atom is 0.329 e. The number of hydrogen-bond acceptors (Lipinski definition) is 4. The molecule has 0 spiro atoms. The van der Waals surface area contributed by atoms with Gasteiger partial charge in [-0.3, -0.25) is 13.9 Å². The van der Waals surface area contributed by atoms with Crippen molar-refractivity contribution >= 4 is 26.7 Å². The average Bonchev–Trinajstić information content (AvgIpc) is 3.29. The SMILES string of the molecule is CCCn1c(=O)n(CC(=O)c2cc(C)n([C@@H]3CCS(=O)(=O)C3)c2C)c2ccccc21. The Balaban J connectivity index is 1.70. The van der Waals surface area contributed by atoms with E-state index in [9.17, 15) is 18.0 Å². The van der Waals surface area contributed by atoms with Crippen LogP contribution in [0.15, 0.2) is 35.1 Å². The first kappa shape index (κ1) is 20.7. The third kappa shape index (κ3) is 3.43. The first-order chi connectivity index (χ1) is 14.2. The number of ketones is 1. The predicted octanol–water partition coefficient (Wildman–Crippen LogP) is 2.87. The molecule has 3 heterocycles. The van der Waals surface area contributed by atoms with E-state index in [4.69, 9.17) is 0 Å². The number of sulfone groups is 1. The summed E-state index contributed by atoms with van der Waals surface area (Å²) in [6.45, 7) is 6.33. The van der Waals surface area contributed by atoms with Gasteiger partial charge in [0.05, 0.1) is 29.1 Å². The summed E-state index contributed by atoms with van der Waals surface area (Å²) in [5.74, 6) is 0.155. The summed E-state index contributed by atoms with van der Waals surface area (Å²) in [7, 11) is -3.02. The van der Waals surface area contributed by atoms with E-state index in [1.54, 1.807) is 9.13 Å². The highest BCUT2D eigenvalue weighted by atomic mass is 32.2. The summed E-state index contributed by atoms with van der Waals surface area (Å²) in [6, 6.07) is 9.21. The van der Waals surface area contributed by atoms with Gasteiger partial charge in [0.1, 0.15) is 0 Å². The zero-order valence-electron chi connectivity index (χ0n) is 17.6. The molecular formula is C22H27N3O4S. The molecule has 1 aromatic carbocycles. The Hall–Kier alpha value is -2.61. The largest absolute Gasteiger partial charge is 0.344 e. The number of aromatic nitrogens is 3. The van der Waals surface area contributed by atoms with Gasteiger partial charge in [0.2, 0.25) is 0 Å². The zero-order valence-corrected chi connectivity index (χ0v) is 18.4. The number of Topliss-reactive ketones (excluding diaryl/α,β-unsaturated/α-hetero) is 1. The first-order valence-corrected chi connectivity index (χ1v) is 12.2. The van der Waals surface area contributed by atoms with Crippen molar-refractivity contribution in [3.05, 3.63) is 57.8 Å². The second-order valence-corrected chi connectivity index (χ2v) is 10.4. The number of para-hydroxylation sites is 2. The van der Waals surface area contributed by atoms with Crippen LogP contribution in [0, 0.1) is 13.8 Å².